The summed E-state index contributed by atoms with van der Waals surface area (Å²) in [5.74, 6) is 0.814. The lowest BCUT2D eigenvalue weighted by Crippen LogP contribution is -2.45. The van der Waals surface area contributed by atoms with Crippen LogP contribution in [0.5, 0.6) is 0 Å². The van der Waals surface area contributed by atoms with Gasteiger partial charge in [0.05, 0.1) is 30.6 Å². The van der Waals surface area contributed by atoms with Crippen molar-refractivity contribution < 1.29 is 9.47 Å². The van der Waals surface area contributed by atoms with Gasteiger partial charge in [0.1, 0.15) is 0 Å². The number of piperidine rings is 1. The van der Waals surface area contributed by atoms with Crippen LogP contribution in [0.2, 0.25) is 0 Å². The molecule has 2 aromatic heterocycles. The van der Waals surface area contributed by atoms with E-state index in [1.165, 1.54) is 0 Å². The van der Waals surface area contributed by atoms with Crippen molar-refractivity contribution in [1.29, 1.82) is 0 Å². The van der Waals surface area contributed by atoms with Crippen molar-refractivity contribution in [1.82, 2.24) is 15.0 Å². The fourth-order valence-corrected chi connectivity index (χ4v) is 3.71. The monoisotopic (exact) mass is 340 g/mol. The normalized spacial score (nSPS) is 22.4. The highest BCUT2D eigenvalue weighted by atomic mass is 16.6. The Hall–Kier alpha value is -2.05. The Balaban J connectivity index is 1.29. The maximum Gasteiger partial charge on any atom is 0.225 e. The minimum absolute atomic E-state index is 0.0457. The Morgan fingerprint density at radius 2 is 2.00 bits per heavy atom. The van der Waals surface area contributed by atoms with Crippen LogP contribution in [-0.4, -0.2) is 46.4 Å². The van der Waals surface area contributed by atoms with Crippen LogP contribution < -0.4 is 4.90 Å². The zero-order valence-corrected chi connectivity index (χ0v) is 14.6. The Bertz CT molecular complexity index is 702. The van der Waals surface area contributed by atoms with Crippen molar-refractivity contribution in [2.24, 2.45) is 0 Å². The van der Waals surface area contributed by atoms with Gasteiger partial charge in [-0.2, -0.15) is 0 Å². The third kappa shape index (κ3) is 3.80. The van der Waals surface area contributed by atoms with Gasteiger partial charge < -0.3 is 14.4 Å². The molecule has 0 unspecified atom stereocenters. The second-order valence-electron chi connectivity index (χ2n) is 6.94. The second kappa shape index (κ2) is 7.06. The van der Waals surface area contributed by atoms with Gasteiger partial charge in [0, 0.05) is 37.6 Å². The average Bonchev–Trinajstić information content (AvgIpc) is 3.04. The van der Waals surface area contributed by atoms with Crippen LogP contribution in [0.3, 0.4) is 0 Å². The molecule has 0 saturated carbocycles. The highest BCUT2D eigenvalue weighted by molar-refractivity contribution is 5.29. The number of aromatic nitrogens is 3. The molecule has 1 spiro atoms. The van der Waals surface area contributed by atoms with Gasteiger partial charge in [0.15, 0.2) is 0 Å². The van der Waals surface area contributed by atoms with Gasteiger partial charge in [-0.05, 0) is 38.0 Å². The number of hydrogen-bond acceptors (Lipinski definition) is 6. The van der Waals surface area contributed by atoms with Crippen LogP contribution in [0, 0.1) is 6.92 Å². The van der Waals surface area contributed by atoms with Gasteiger partial charge in [-0.15, -0.1) is 0 Å². The molecule has 6 heteroatoms. The lowest BCUT2D eigenvalue weighted by atomic mass is 9.88. The number of rotatable bonds is 4. The minimum atomic E-state index is -0.0457. The molecule has 25 heavy (non-hydrogen) atoms. The van der Waals surface area contributed by atoms with E-state index < -0.39 is 0 Å². The topological polar surface area (TPSA) is 60.4 Å². The Morgan fingerprint density at radius 1 is 1.20 bits per heavy atom. The number of anilines is 1. The first-order chi connectivity index (χ1) is 12.2. The summed E-state index contributed by atoms with van der Waals surface area (Å²) in [6.07, 6.45) is 6.69. The summed E-state index contributed by atoms with van der Waals surface area (Å²) in [6.45, 7) is 5.08. The second-order valence-corrected chi connectivity index (χ2v) is 6.94. The largest absolute Gasteiger partial charge is 0.372 e. The smallest absolute Gasteiger partial charge is 0.225 e. The van der Waals surface area contributed by atoms with Crippen molar-refractivity contribution >= 4 is 5.95 Å². The van der Waals surface area contributed by atoms with E-state index in [0.717, 1.165) is 49.7 Å². The van der Waals surface area contributed by atoms with Crippen molar-refractivity contribution in [3.8, 4) is 0 Å². The fourth-order valence-electron chi connectivity index (χ4n) is 3.71. The molecule has 2 aliphatic rings. The number of aryl methyl sites for hydroxylation is 1. The molecule has 0 N–H and O–H groups in total. The molecule has 1 atom stereocenters. The van der Waals surface area contributed by atoms with Crippen molar-refractivity contribution in [2.45, 2.75) is 44.5 Å². The molecule has 0 bridgehead atoms. The van der Waals surface area contributed by atoms with E-state index in [4.69, 9.17) is 9.47 Å². The van der Waals surface area contributed by atoms with Gasteiger partial charge in [0.2, 0.25) is 5.95 Å². The summed E-state index contributed by atoms with van der Waals surface area (Å²) < 4.78 is 12.2. The van der Waals surface area contributed by atoms with Crippen LogP contribution in [0.15, 0.2) is 36.7 Å². The molecule has 0 radical (unpaired) electrons. The molecule has 4 heterocycles. The molecule has 6 nitrogen and oxygen atoms in total. The van der Waals surface area contributed by atoms with E-state index in [0.29, 0.717) is 13.2 Å². The van der Waals surface area contributed by atoms with E-state index in [1.54, 1.807) is 12.4 Å². The van der Waals surface area contributed by atoms with Crippen LogP contribution in [0.25, 0.3) is 0 Å². The molecule has 2 aliphatic heterocycles. The molecular formula is C19H24N4O2. The van der Waals surface area contributed by atoms with Gasteiger partial charge in [0.25, 0.3) is 0 Å². The highest BCUT2D eigenvalue weighted by Gasteiger charge is 2.43. The maximum atomic E-state index is 6.18. The first-order valence-corrected chi connectivity index (χ1v) is 8.93. The Kier molecular flexibility index (Phi) is 4.63. The number of nitrogens with zero attached hydrogens (tertiary/aromatic N) is 4. The summed E-state index contributed by atoms with van der Waals surface area (Å²) in [4.78, 5) is 15.4. The molecule has 0 aromatic carbocycles. The van der Waals surface area contributed by atoms with Gasteiger partial charge in [-0.25, -0.2) is 9.97 Å². The summed E-state index contributed by atoms with van der Waals surface area (Å²) in [7, 11) is 0. The predicted octanol–water partition coefficient (Wildman–Crippen LogP) is 2.52. The number of pyridine rings is 1. The molecule has 0 amide bonds. The Labute approximate surface area is 148 Å². The highest BCUT2D eigenvalue weighted by Crippen LogP contribution is 2.37. The van der Waals surface area contributed by atoms with Gasteiger partial charge in [-0.3, -0.25) is 4.98 Å². The molecule has 132 valence electrons. The first kappa shape index (κ1) is 16.4. The summed E-state index contributed by atoms with van der Waals surface area (Å²) in [6, 6.07) is 7.88. The molecular weight excluding hydrogens is 316 g/mol. The predicted molar refractivity (Wildman–Crippen MR) is 94.3 cm³/mol. The van der Waals surface area contributed by atoms with Crippen LogP contribution in [0.4, 0.5) is 5.95 Å². The SMILES string of the molecule is Cc1cccc(CO[C@@H]2COC3(CCN(c4ncccn4)CC3)C2)n1. The third-order valence-corrected chi connectivity index (χ3v) is 5.10. The average molecular weight is 340 g/mol. The number of hydrogen-bond donors (Lipinski definition) is 0. The fraction of sp³-hybridized carbons (Fsp3) is 0.526. The van der Waals surface area contributed by atoms with Crippen LogP contribution in [0.1, 0.15) is 30.7 Å². The maximum absolute atomic E-state index is 6.18. The van der Waals surface area contributed by atoms with Crippen LogP contribution in [-0.2, 0) is 16.1 Å². The molecule has 2 fully saturated rings. The summed E-state index contributed by atoms with van der Waals surface area (Å²) >= 11 is 0. The quantitative estimate of drug-likeness (QED) is 0.852. The van der Waals surface area contributed by atoms with Gasteiger partial charge >= 0.3 is 0 Å². The van der Waals surface area contributed by atoms with E-state index >= 15 is 0 Å². The summed E-state index contributed by atoms with van der Waals surface area (Å²) in [5, 5.41) is 0. The standard InChI is InChI=1S/C19H24N4O2/c1-15-4-2-5-16(22-15)13-24-17-12-19(25-14-17)6-10-23(11-7-19)18-20-8-3-9-21-18/h2-5,8-9,17H,6-7,10-14H2,1H3/t17-/m0/s1. The van der Waals surface area contributed by atoms with Crippen LogP contribution >= 0.6 is 0 Å². The molecule has 4 rings (SSSR count). The Morgan fingerprint density at radius 3 is 2.76 bits per heavy atom. The van der Waals surface area contributed by atoms with Crippen molar-refractivity contribution in [2.75, 3.05) is 24.6 Å². The lowest BCUT2D eigenvalue weighted by Gasteiger charge is -2.38. The zero-order chi connectivity index (χ0) is 17.1. The molecule has 0 aliphatic carbocycles. The van der Waals surface area contributed by atoms with E-state index in [2.05, 4.69) is 19.9 Å². The number of ether oxygens (including phenoxy) is 2. The molecule has 2 aromatic rings. The molecule has 2 saturated heterocycles. The van der Waals surface area contributed by atoms with E-state index in [-0.39, 0.29) is 11.7 Å². The third-order valence-electron chi connectivity index (χ3n) is 5.10. The minimum Gasteiger partial charge on any atom is -0.372 e. The summed E-state index contributed by atoms with van der Waals surface area (Å²) in [5.41, 5.74) is 1.96. The van der Waals surface area contributed by atoms with E-state index in [1.807, 2.05) is 31.2 Å². The van der Waals surface area contributed by atoms with Gasteiger partial charge in [-0.1, -0.05) is 6.07 Å². The lowest BCUT2D eigenvalue weighted by molar-refractivity contribution is -0.0206. The van der Waals surface area contributed by atoms with Crippen molar-refractivity contribution in [3.63, 3.8) is 0 Å². The van der Waals surface area contributed by atoms with Crippen molar-refractivity contribution in [3.05, 3.63) is 48.0 Å². The van der Waals surface area contributed by atoms with E-state index in [9.17, 15) is 0 Å². The zero-order valence-electron chi connectivity index (χ0n) is 14.6. The first-order valence-electron chi connectivity index (χ1n) is 8.93.